The highest BCUT2D eigenvalue weighted by Crippen LogP contribution is 2.43. The molecular formula is C12H25Cl. The molecule has 1 heteroatoms. The number of halogens is 1. The Balaban J connectivity index is 4.22. The highest BCUT2D eigenvalue weighted by Gasteiger charge is 2.37. The van der Waals surface area contributed by atoms with Gasteiger partial charge in [-0.2, -0.15) is 0 Å². The summed E-state index contributed by atoms with van der Waals surface area (Å²) < 4.78 is 0. The van der Waals surface area contributed by atoms with Crippen molar-refractivity contribution in [2.75, 3.05) is 0 Å². The summed E-state index contributed by atoms with van der Waals surface area (Å²) in [4.78, 5) is -0.0537. The summed E-state index contributed by atoms with van der Waals surface area (Å²) in [5.74, 6) is 0.781. The van der Waals surface area contributed by atoms with Crippen molar-refractivity contribution in [1.29, 1.82) is 0 Å². The summed E-state index contributed by atoms with van der Waals surface area (Å²) in [7, 11) is 0. The van der Waals surface area contributed by atoms with Crippen molar-refractivity contribution in [1.82, 2.24) is 0 Å². The molecule has 0 radical (unpaired) electrons. The van der Waals surface area contributed by atoms with Crippen LogP contribution >= 0.6 is 11.6 Å². The van der Waals surface area contributed by atoms with Gasteiger partial charge in [0.05, 0.1) is 0 Å². The van der Waals surface area contributed by atoms with Crippen LogP contribution in [0.15, 0.2) is 0 Å². The molecule has 0 aromatic heterocycles. The van der Waals surface area contributed by atoms with Crippen molar-refractivity contribution in [3.8, 4) is 0 Å². The Morgan fingerprint density at radius 3 is 1.92 bits per heavy atom. The molecule has 0 fully saturated rings. The minimum Gasteiger partial charge on any atom is -0.119 e. The van der Waals surface area contributed by atoms with Crippen LogP contribution in [0, 0.1) is 11.3 Å². The molecule has 0 N–H and O–H groups in total. The molecule has 13 heavy (non-hydrogen) atoms. The van der Waals surface area contributed by atoms with Crippen LogP contribution in [0.4, 0.5) is 0 Å². The van der Waals surface area contributed by atoms with Crippen molar-refractivity contribution >= 4 is 11.6 Å². The maximum absolute atomic E-state index is 6.50. The van der Waals surface area contributed by atoms with Crippen LogP contribution in [0.2, 0.25) is 0 Å². The summed E-state index contributed by atoms with van der Waals surface area (Å²) in [5.41, 5.74) is 0.244. The van der Waals surface area contributed by atoms with Gasteiger partial charge in [0.1, 0.15) is 0 Å². The number of alkyl halides is 1. The van der Waals surface area contributed by atoms with Crippen LogP contribution in [0.3, 0.4) is 0 Å². The second-order valence-electron chi connectivity index (χ2n) is 5.37. The Hall–Kier alpha value is 0.290. The molecule has 0 aliphatic rings. The lowest BCUT2D eigenvalue weighted by molar-refractivity contribution is 0.216. The molecule has 0 amide bonds. The molecule has 1 atom stereocenters. The lowest BCUT2D eigenvalue weighted by Gasteiger charge is -2.39. The zero-order chi connectivity index (χ0) is 10.7. The Labute approximate surface area is 89.1 Å². The van der Waals surface area contributed by atoms with Crippen LogP contribution in [0.25, 0.3) is 0 Å². The molecule has 80 valence electrons. The summed E-state index contributed by atoms with van der Waals surface area (Å²) in [6.07, 6.45) is 3.54. The Kier molecular flexibility index (Phi) is 4.79. The van der Waals surface area contributed by atoms with Crippen LogP contribution in [0.5, 0.6) is 0 Å². The van der Waals surface area contributed by atoms with E-state index in [0.29, 0.717) is 0 Å². The van der Waals surface area contributed by atoms with Crippen molar-refractivity contribution in [3.63, 3.8) is 0 Å². The smallest absolute Gasteiger partial charge is 0.0466 e. The van der Waals surface area contributed by atoms with E-state index in [2.05, 4.69) is 41.5 Å². The third-order valence-electron chi connectivity index (χ3n) is 3.42. The van der Waals surface area contributed by atoms with Gasteiger partial charge in [-0.15, -0.1) is 11.6 Å². The van der Waals surface area contributed by atoms with Gasteiger partial charge in [-0.05, 0) is 31.1 Å². The van der Waals surface area contributed by atoms with E-state index in [1.807, 2.05) is 0 Å². The van der Waals surface area contributed by atoms with E-state index in [9.17, 15) is 0 Å². The number of rotatable bonds is 5. The van der Waals surface area contributed by atoms with E-state index in [1.165, 1.54) is 12.8 Å². The fourth-order valence-corrected chi connectivity index (χ4v) is 1.48. The predicted octanol–water partition coefficient (Wildman–Crippen LogP) is 4.86. The molecule has 0 aromatic carbocycles. The van der Waals surface area contributed by atoms with E-state index >= 15 is 0 Å². The summed E-state index contributed by atoms with van der Waals surface area (Å²) >= 11 is 6.50. The molecule has 0 aromatic rings. The zero-order valence-electron chi connectivity index (χ0n) is 10.1. The van der Waals surface area contributed by atoms with Gasteiger partial charge >= 0.3 is 0 Å². The van der Waals surface area contributed by atoms with E-state index in [1.54, 1.807) is 0 Å². The second-order valence-corrected chi connectivity index (χ2v) is 6.20. The molecule has 0 spiro atoms. The predicted molar refractivity (Wildman–Crippen MR) is 62.4 cm³/mol. The Morgan fingerprint density at radius 2 is 1.62 bits per heavy atom. The van der Waals surface area contributed by atoms with E-state index < -0.39 is 0 Å². The van der Waals surface area contributed by atoms with Crippen LogP contribution < -0.4 is 0 Å². The molecular weight excluding hydrogens is 180 g/mol. The first-order valence-electron chi connectivity index (χ1n) is 5.42. The van der Waals surface area contributed by atoms with Crippen LogP contribution in [-0.4, -0.2) is 4.87 Å². The topological polar surface area (TPSA) is 0 Å². The van der Waals surface area contributed by atoms with Gasteiger partial charge in [-0.1, -0.05) is 41.0 Å². The van der Waals surface area contributed by atoms with Crippen molar-refractivity contribution in [2.24, 2.45) is 11.3 Å². The van der Waals surface area contributed by atoms with Gasteiger partial charge in [-0.3, -0.25) is 0 Å². The molecule has 0 saturated heterocycles. The quantitative estimate of drug-likeness (QED) is 0.562. The lowest BCUT2D eigenvalue weighted by atomic mass is 9.73. The SMILES string of the molecule is CCC(C)(Cl)C(C)(C)CCC(C)C. The molecule has 0 aliphatic carbocycles. The van der Waals surface area contributed by atoms with Gasteiger partial charge in [0.2, 0.25) is 0 Å². The van der Waals surface area contributed by atoms with Gasteiger partial charge < -0.3 is 0 Å². The first-order valence-corrected chi connectivity index (χ1v) is 5.79. The molecule has 0 bridgehead atoms. The van der Waals surface area contributed by atoms with Crippen molar-refractivity contribution < 1.29 is 0 Å². The molecule has 0 saturated carbocycles. The molecule has 0 aliphatic heterocycles. The minimum absolute atomic E-state index is 0.0537. The molecule has 0 heterocycles. The maximum atomic E-state index is 6.50. The lowest BCUT2D eigenvalue weighted by Crippen LogP contribution is -2.36. The third kappa shape index (κ3) is 3.89. The summed E-state index contributed by atoms with van der Waals surface area (Å²) in [5, 5.41) is 0. The largest absolute Gasteiger partial charge is 0.119 e. The van der Waals surface area contributed by atoms with Gasteiger partial charge in [0.25, 0.3) is 0 Å². The molecule has 1 unspecified atom stereocenters. The monoisotopic (exact) mass is 204 g/mol. The van der Waals surface area contributed by atoms with Crippen LogP contribution in [0.1, 0.15) is 60.8 Å². The summed E-state index contributed by atoms with van der Waals surface area (Å²) in [6, 6.07) is 0. The maximum Gasteiger partial charge on any atom is 0.0466 e. The van der Waals surface area contributed by atoms with E-state index in [4.69, 9.17) is 11.6 Å². The van der Waals surface area contributed by atoms with Gasteiger partial charge in [0.15, 0.2) is 0 Å². The van der Waals surface area contributed by atoms with E-state index in [0.717, 1.165) is 12.3 Å². The fourth-order valence-electron chi connectivity index (χ4n) is 1.39. The standard InChI is InChI=1S/C12H25Cl/c1-7-12(6,13)11(4,5)9-8-10(2)3/h10H,7-9H2,1-6H3. The number of hydrogen-bond acceptors (Lipinski definition) is 0. The normalized spacial score (nSPS) is 17.5. The first kappa shape index (κ1) is 13.3. The molecule has 0 rings (SSSR count). The highest BCUT2D eigenvalue weighted by atomic mass is 35.5. The Morgan fingerprint density at radius 1 is 1.15 bits per heavy atom. The number of hydrogen-bond donors (Lipinski definition) is 0. The highest BCUT2D eigenvalue weighted by molar-refractivity contribution is 6.24. The van der Waals surface area contributed by atoms with E-state index in [-0.39, 0.29) is 10.3 Å². The fraction of sp³-hybridized carbons (Fsp3) is 1.00. The van der Waals surface area contributed by atoms with Crippen molar-refractivity contribution in [2.45, 2.75) is 65.7 Å². The second kappa shape index (κ2) is 4.68. The zero-order valence-corrected chi connectivity index (χ0v) is 10.8. The van der Waals surface area contributed by atoms with Gasteiger partial charge in [-0.25, -0.2) is 0 Å². The third-order valence-corrected chi connectivity index (χ3v) is 4.20. The Bertz CT molecular complexity index is 145. The van der Waals surface area contributed by atoms with Gasteiger partial charge in [0, 0.05) is 4.87 Å². The minimum atomic E-state index is -0.0537. The van der Waals surface area contributed by atoms with Crippen LogP contribution in [-0.2, 0) is 0 Å². The average Bonchev–Trinajstić information content (AvgIpc) is 2.01. The van der Waals surface area contributed by atoms with Crippen molar-refractivity contribution in [3.05, 3.63) is 0 Å². The summed E-state index contributed by atoms with van der Waals surface area (Å²) in [6.45, 7) is 13.4. The first-order chi connectivity index (χ1) is 5.73. The molecule has 0 nitrogen and oxygen atoms in total. The average molecular weight is 205 g/mol.